The minimum Gasteiger partial charge on any atom is -0.406 e. The average Bonchev–Trinajstić information content (AvgIpc) is 3.44. The number of rotatable bonds is 8. The van der Waals surface area contributed by atoms with E-state index in [0.717, 1.165) is 16.1 Å². The first-order valence-electron chi connectivity index (χ1n) is 13.4. The molecule has 1 fully saturated rings. The van der Waals surface area contributed by atoms with Crippen molar-refractivity contribution in [1.82, 2.24) is 19.9 Å². The third kappa shape index (κ3) is 6.63. The largest absolute Gasteiger partial charge is 0.573 e. The van der Waals surface area contributed by atoms with Crippen LogP contribution in [-0.2, 0) is 0 Å². The highest BCUT2D eigenvalue weighted by Crippen LogP contribution is 2.40. The lowest BCUT2D eigenvalue weighted by atomic mass is 10.1. The summed E-state index contributed by atoms with van der Waals surface area (Å²) in [5.74, 6) is -1.42. The summed E-state index contributed by atoms with van der Waals surface area (Å²) in [5.41, 5.74) is 3.85. The van der Waals surface area contributed by atoms with Gasteiger partial charge in [-0.05, 0) is 57.9 Å². The molecule has 4 N–H and O–H groups in total. The van der Waals surface area contributed by atoms with Gasteiger partial charge in [0.15, 0.2) is 0 Å². The Labute approximate surface area is 247 Å². The van der Waals surface area contributed by atoms with E-state index in [1.54, 1.807) is 13.8 Å². The summed E-state index contributed by atoms with van der Waals surface area (Å²) in [6, 6.07) is 5.84. The number of aliphatic hydroxyl groups is 2. The maximum absolute atomic E-state index is 13.5. The van der Waals surface area contributed by atoms with Crippen molar-refractivity contribution in [2.45, 2.75) is 71.2 Å². The minimum atomic E-state index is -4.81. The second kappa shape index (κ2) is 11.8. The van der Waals surface area contributed by atoms with Gasteiger partial charge in [0.2, 0.25) is 12.4 Å². The summed E-state index contributed by atoms with van der Waals surface area (Å²) >= 11 is 1.38. The third-order valence-electron chi connectivity index (χ3n) is 7.32. The number of anilines is 2. The number of aryl methyl sites for hydroxylation is 3. The molecule has 0 unspecified atom stereocenters. The van der Waals surface area contributed by atoms with E-state index in [4.69, 9.17) is 4.98 Å². The summed E-state index contributed by atoms with van der Waals surface area (Å²) < 4.78 is 69.5. The normalized spacial score (nSPS) is 21.4. The van der Waals surface area contributed by atoms with Gasteiger partial charge < -0.3 is 25.6 Å². The number of hydrogen-bond acceptors (Lipinski definition) is 10. The standard InChI is InChI=1S/C28H29F5N6O3S/c1-11-9-19-21(14(4)34-11)38-26(43-19)20-13(3)36-27(35-12(2)15-5-7-16(8-6-15)42-28(31,32)33)39-25(20)37-18-10-17(24(29)30)22(40)23(18)41/h5-9,12,17-18,22-24,40-41H,10H2,1-4H3,(H2,35,36,37,39)/t12-,17+,18-,22-,23+/m1/s1. The highest BCUT2D eigenvalue weighted by molar-refractivity contribution is 7.21. The van der Waals surface area contributed by atoms with E-state index in [-0.39, 0.29) is 23.9 Å². The molecule has 230 valence electrons. The zero-order chi connectivity index (χ0) is 31.2. The Balaban J connectivity index is 1.50. The van der Waals surface area contributed by atoms with E-state index in [0.29, 0.717) is 27.3 Å². The molecule has 43 heavy (non-hydrogen) atoms. The number of thiazole rings is 1. The van der Waals surface area contributed by atoms with Crippen LogP contribution in [0.2, 0.25) is 0 Å². The molecule has 1 aliphatic carbocycles. The Bertz CT molecular complexity index is 1620. The van der Waals surface area contributed by atoms with E-state index in [1.165, 1.54) is 35.6 Å². The van der Waals surface area contributed by atoms with Gasteiger partial charge in [-0.2, -0.15) is 4.98 Å². The van der Waals surface area contributed by atoms with Gasteiger partial charge in [-0.25, -0.2) is 18.7 Å². The number of hydrogen-bond donors (Lipinski definition) is 4. The van der Waals surface area contributed by atoms with Crippen LogP contribution < -0.4 is 15.4 Å². The number of benzene rings is 1. The van der Waals surface area contributed by atoms with Gasteiger partial charge in [-0.1, -0.05) is 12.1 Å². The summed E-state index contributed by atoms with van der Waals surface area (Å²) in [4.78, 5) is 18.4. The van der Waals surface area contributed by atoms with Gasteiger partial charge >= 0.3 is 6.36 Å². The molecule has 3 aromatic heterocycles. The molecule has 0 amide bonds. The molecule has 5 atom stereocenters. The van der Waals surface area contributed by atoms with Crippen LogP contribution in [0.4, 0.5) is 33.7 Å². The number of nitrogens with one attached hydrogen (secondary N) is 2. The number of aliphatic hydroxyl groups excluding tert-OH is 2. The maximum atomic E-state index is 13.5. The van der Waals surface area contributed by atoms with E-state index in [9.17, 15) is 32.2 Å². The van der Waals surface area contributed by atoms with Gasteiger partial charge in [-0.15, -0.1) is 24.5 Å². The molecule has 0 spiro atoms. The zero-order valence-corrected chi connectivity index (χ0v) is 24.3. The lowest BCUT2D eigenvalue weighted by molar-refractivity contribution is -0.274. The molecular weight excluding hydrogens is 595 g/mol. The fourth-order valence-electron chi connectivity index (χ4n) is 5.20. The SMILES string of the molecule is Cc1cc2sc(-c3c(C)nc(N[C@H](C)c4ccc(OC(F)(F)F)cc4)nc3N[C@@H]3C[C@H](C(F)F)[C@@H](O)[C@H]3O)nc2c(C)n1. The van der Waals surface area contributed by atoms with Crippen LogP contribution in [0.15, 0.2) is 30.3 Å². The zero-order valence-electron chi connectivity index (χ0n) is 23.4. The van der Waals surface area contributed by atoms with E-state index < -0.39 is 43.0 Å². The molecule has 0 saturated heterocycles. The Morgan fingerprint density at radius 1 is 0.977 bits per heavy atom. The fraction of sp³-hybridized carbons (Fsp3) is 0.429. The molecule has 0 radical (unpaired) electrons. The van der Waals surface area contributed by atoms with Crippen LogP contribution in [0, 0.1) is 26.7 Å². The van der Waals surface area contributed by atoms with Crippen molar-refractivity contribution in [1.29, 1.82) is 0 Å². The Kier molecular flexibility index (Phi) is 8.42. The van der Waals surface area contributed by atoms with Crippen molar-refractivity contribution in [3.8, 4) is 16.3 Å². The number of pyridine rings is 1. The van der Waals surface area contributed by atoms with Crippen LogP contribution >= 0.6 is 11.3 Å². The Morgan fingerprint density at radius 2 is 1.67 bits per heavy atom. The van der Waals surface area contributed by atoms with Crippen LogP contribution in [-0.4, -0.2) is 61.2 Å². The lowest BCUT2D eigenvalue weighted by Crippen LogP contribution is -2.36. The molecule has 1 aliphatic rings. The van der Waals surface area contributed by atoms with Gasteiger partial charge in [0.25, 0.3) is 0 Å². The Morgan fingerprint density at radius 3 is 2.30 bits per heavy atom. The van der Waals surface area contributed by atoms with Crippen molar-refractivity contribution < 1.29 is 36.9 Å². The molecule has 0 aliphatic heterocycles. The van der Waals surface area contributed by atoms with Gasteiger partial charge in [0.05, 0.1) is 45.8 Å². The summed E-state index contributed by atoms with van der Waals surface area (Å²) in [7, 11) is 0. The molecule has 15 heteroatoms. The Hall–Kier alpha value is -3.69. The van der Waals surface area contributed by atoms with Gasteiger partial charge in [0, 0.05) is 5.69 Å². The van der Waals surface area contributed by atoms with E-state index in [2.05, 4.69) is 30.3 Å². The topological polar surface area (TPSA) is 125 Å². The lowest BCUT2D eigenvalue weighted by Gasteiger charge is -2.22. The average molecular weight is 625 g/mol. The summed E-state index contributed by atoms with van der Waals surface area (Å²) in [6.45, 7) is 7.21. The highest BCUT2D eigenvalue weighted by Gasteiger charge is 2.46. The van der Waals surface area contributed by atoms with Crippen molar-refractivity contribution in [2.75, 3.05) is 10.6 Å². The number of aromatic nitrogens is 4. The van der Waals surface area contributed by atoms with E-state index >= 15 is 0 Å². The highest BCUT2D eigenvalue weighted by atomic mass is 32.1. The van der Waals surface area contributed by atoms with Gasteiger partial charge in [-0.3, -0.25) is 4.98 Å². The van der Waals surface area contributed by atoms with Crippen LogP contribution in [0.1, 0.15) is 42.0 Å². The van der Waals surface area contributed by atoms with Crippen molar-refractivity contribution in [2.24, 2.45) is 5.92 Å². The molecular formula is C28H29F5N6O3S. The summed E-state index contributed by atoms with van der Waals surface area (Å²) in [6.07, 6.45) is -10.9. The molecule has 1 aromatic carbocycles. The first-order chi connectivity index (χ1) is 20.2. The molecule has 5 rings (SSSR count). The smallest absolute Gasteiger partial charge is 0.406 e. The fourth-order valence-corrected chi connectivity index (χ4v) is 6.41. The van der Waals surface area contributed by atoms with Crippen LogP contribution in [0.3, 0.4) is 0 Å². The number of fused-ring (bicyclic) bond motifs is 1. The number of nitrogens with zero attached hydrogens (tertiary/aromatic N) is 4. The first-order valence-corrected chi connectivity index (χ1v) is 14.2. The predicted octanol–water partition coefficient (Wildman–Crippen LogP) is 5.93. The minimum absolute atomic E-state index is 0.139. The number of ether oxygens (including phenoxy) is 1. The number of alkyl halides is 5. The van der Waals surface area contributed by atoms with Crippen molar-refractivity contribution >= 4 is 33.3 Å². The molecule has 4 aromatic rings. The van der Waals surface area contributed by atoms with Gasteiger partial charge in [0.1, 0.15) is 28.2 Å². The number of halogens is 5. The van der Waals surface area contributed by atoms with Crippen molar-refractivity contribution in [3.63, 3.8) is 0 Å². The second-order valence-corrected chi connectivity index (χ2v) is 11.6. The maximum Gasteiger partial charge on any atom is 0.573 e. The second-order valence-electron chi connectivity index (χ2n) is 10.5. The summed E-state index contributed by atoms with van der Waals surface area (Å²) in [5, 5.41) is 27.6. The molecule has 1 saturated carbocycles. The van der Waals surface area contributed by atoms with Crippen LogP contribution in [0.25, 0.3) is 20.8 Å². The quantitative estimate of drug-likeness (QED) is 0.177. The first kappa shape index (κ1) is 30.8. The molecule has 9 nitrogen and oxygen atoms in total. The van der Waals surface area contributed by atoms with E-state index in [1.807, 2.05) is 19.9 Å². The molecule has 0 bridgehead atoms. The monoisotopic (exact) mass is 624 g/mol. The van der Waals surface area contributed by atoms with Crippen LogP contribution in [0.5, 0.6) is 5.75 Å². The predicted molar refractivity (Wildman–Crippen MR) is 151 cm³/mol. The molecule has 3 heterocycles. The van der Waals surface area contributed by atoms with Crippen molar-refractivity contribution in [3.05, 3.63) is 53.0 Å². The third-order valence-corrected chi connectivity index (χ3v) is 8.34.